The smallest absolute Gasteiger partial charge is 0.190 e. The zero-order valence-electron chi connectivity index (χ0n) is 21.2. The summed E-state index contributed by atoms with van der Waals surface area (Å²) in [6.07, 6.45) is -0.603. The van der Waals surface area contributed by atoms with E-state index in [1.54, 1.807) is 12.2 Å². The van der Waals surface area contributed by atoms with E-state index in [9.17, 15) is 40.2 Å². The first-order valence-corrected chi connectivity index (χ1v) is 13.2. The van der Waals surface area contributed by atoms with Crippen molar-refractivity contribution in [2.75, 3.05) is 13.2 Å². The van der Waals surface area contributed by atoms with E-state index in [1.807, 2.05) is 13.0 Å². The predicted molar refractivity (Wildman–Crippen MR) is 128 cm³/mol. The molecule has 0 spiro atoms. The lowest BCUT2D eigenvalue weighted by Crippen LogP contribution is -2.62. The molecule has 5 aliphatic rings. The average molecular weight is 523 g/mol. The topological polar surface area (TPSA) is 174 Å². The lowest BCUT2D eigenvalue weighted by molar-refractivity contribution is -0.300. The molecule has 1 saturated heterocycles. The van der Waals surface area contributed by atoms with E-state index in [-0.39, 0.29) is 36.4 Å². The third kappa shape index (κ3) is 3.91. The SMILES string of the molecule is C[C@]12C=CC(=O)C=C1CC[C@H]1[C@H]2C(O)C[C@@]2(C)[C@@H]1CC[C@]2(O)C(=O)COC1O[C@H](CO)[C@@H](O)[C@H](O)[C@H]1O. The minimum atomic E-state index is -1.77. The van der Waals surface area contributed by atoms with Crippen molar-refractivity contribution >= 4 is 11.6 Å². The maximum atomic E-state index is 13.5. The third-order valence-electron chi connectivity index (χ3n) is 10.3. The fourth-order valence-electron chi connectivity index (χ4n) is 8.27. The molecular weight excluding hydrogens is 484 g/mol. The summed E-state index contributed by atoms with van der Waals surface area (Å²) in [6.45, 7) is 2.68. The van der Waals surface area contributed by atoms with Crippen molar-refractivity contribution in [3.8, 4) is 0 Å². The summed E-state index contributed by atoms with van der Waals surface area (Å²) < 4.78 is 10.8. The zero-order valence-corrected chi connectivity index (χ0v) is 21.2. The monoisotopic (exact) mass is 522 g/mol. The van der Waals surface area contributed by atoms with Crippen LogP contribution in [-0.2, 0) is 19.1 Å². The second-order valence-corrected chi connectivity index (χ2v) is 12.0. The molecule has 0 aromatic rings. The maximum Gasteiger partial charge on any atom is 0.190 e. The number of aliphatic hydroxyl groups is 6. The van der Waals surface area contributed by atoms with E-state index in [4.69, 9.17) is 9.47 Å². The van der Waals surface area contributed by atoms with Crippen molar-refractivity contribution in [2.24, 2.45) is 28.6 Å². The molecule has 4 aliphatic carbocycles. The van der Waals surface area contributed by atoms with Gasteiger partial charge in [-0.05, 0) is 56.1 Å². The van der Waals surface area contributed by atoms with Crippen LogP contribution in [0.1, 0.15) is 46.0 Å². The number of hydrogen-bond donors (Lipinski definition) is 6. The fourth-order valence-corrected chi connectivity index (χ4v) is 8.27. The molecule has 0 amide bonds. The number of ketones is 2. The van der Waals surface area contributed by atoms with Crippen LogP contribution in [0.4, 0.5) is 0 Å². The van der Waals surface area contributed by atoms with Crippen LogP contribution in [0.3, 0.4) is 0 Å². The molecule has 1 heterocycles. The normalized spacial score (nSPS) is 51.2. The molecule has 0 aromatic carbocycles. The first-order chi connectivity index (χ1) is 17.4. The van der Waals surface area contributed by atoms with Crippen LogP contribution in [0.2, 0.25) is 0 Å². The number of carbonyl (C=O) groups is 2. The number of aliphatic hydroxyl groups excluding tert-OH is 5. The van der Waals surface area contributed by atoms with E-state index in [0.29, 0.717) is 6.42 Å². The standard InChI is InChI=1S/C27H38O10/c1-25-7-5-14(29)9-13(25)3-4-15-16-6-8-27(35,26(16,2)10-17(30)20(15)25)19(31)12-36-24-23(34)22(33)21(32)18(11-28)37-24/h5,7,9,15-18,20-24,28,30,32-35H,3-4,6,8,10-12H2,1-2H3/t15-,16-,17?,18-,20+,21-,22+,23-,24?,25+,26+,27+/m1/s1. The largest absolute Gasteiger partial charge is 0.394 e. The van der Waals surface area contributed by atoms with Gasteiger partial charge in [0.05, 0.1) is 12.7 Å². The van der Waals surface area contributed by atoms with Crippen LogP contribution in [0, 0.1) is 28.6 Å². The van der Waals surface area contributed by atoms with Crippen LogP contribution in [0.25, 0.3) is 0 Å². The first-order valence-electron chi connectivity index (χ1n) is 13.2. The predicted octanol–water partition coefficient (Wildman–Crippen LogP) is -0.618. The van der Waals surface area contributed by atoms with Gasteiger partial charge in [0.25, 0.3) is 0 Å². The highest BCUT2D eigenvalue weighted by molar-refractivity contribution is 6.01. The van der Waals surface area contributed by atoms with E-state index in [2.05, 4.69) is 6.92 Å². The Bertz CT molecular complexity index is 1010. The molecule has 12 atom stereocenters. The van der Waals surface area contributed by atoms with Gasteiger partial charge >= 0.3 is 0 Å². The highest BCUT2D eigenvalue weighted by Crippen LogP contribution is 2.67. The van der Waals surface area contributed by atoms with Crippen molar-refractivity contribution in [3.63, 3.8) is 0 Å². The summed E-state index contributed by atoms with van der Waals surface area (Å²) in [6, 6.07) is 0. The number of allylic oxidation sites excluding steroid dienone is 4. The Kier molecular flexibility index (Phi) is 6.81. The molecule has 10 nitrogen and oxygen atoms in total. The van der Waals surface area contributed by atoms with E-state index >= 15 is 0 Å². The Morgan fingerprint density at radius 2 is 1.86 bits per heavy atom. The molecular formula is C27H38O10. The molecule has 3 saturated carbocycles. The number of fused-ring (bicyclic) bond motifs is 5. The summed E-state index contributed by atoms with van der Waals surface area (Å²) in [5.74, 6) is -0.738. The van der Waals surface area contributed by atoms with E-state index in [1.165, 1.54) is 0 Å². The highest BCUT2D eigenvalue weighted by Gasteiger charge is 2.68. The van der Waals surface area contributed by atoms with Gasteiger partial charge in [0.15, 0.2) is 17.9 Å². The molecule has 0 bridgehead atoms. The van der Waals surface area contributed by atoms with Gasteiger partial charge in [0, 0.05) is 16.7 Å². The number of hydrogen-bond acceptors (Lipinski definition) is 10. The van der Waals surface area contributed by atoms with Crippen LogP contribution in [0.5, 0.6) is 0 Å². The van der Waals surface area contributed by atoms with Crippen molar-refractivity contribution in [3.05, 3.63) is 23.8 Å². The van der Waals surface area contributed by atoms with Gasteiger partial charge < -0.3 is 40.1 Å². The Labute approximate surface area is 215 Å². The van der Waals surface area contributed by atoms with Gasteiger partial charge in [-0.25, -0.2) is 0 Å². The number of ether oxygens (including phenoxy) is 2. The summed E-state index contributed by atoms with van der Waals surface area (Å²) in [4.78, 5) is 25.4. The summed E-state index contributed by atoms with van der Waals surface area (Å²) >= 11 is 0. The van der Waals surface area contributed by atoms with Gasteiger partial charge in [-0.2, -0.15) is 0 Å². The van der Waals surface area contributed by atoms with Crippen molar-refractivity contribution in [1.82, 2.24) is 0 Å². The van der Waals surface area contributed by atoms with Crippen molar-refractivity contribution in [1.29, 1.82) is 0 Å². The Morgan fingerprint density at radius 3 is 2.57 bits per heavy atom. The third-order valence-corrected chi connectivity index (χ3v) is 10.3. The summed E-state index contributed by atoms with van der Waals surface area (Å²) in [5, 5.41) is 62.8. The van der Waals surface area contributed by atoms with Crippen LogP contribution < -0.4 is 0 Å². The maximum absolute atomic E-state index is 13.5. The first kappa shape index (κ1) is 27.1. The minimum absolute atomic E-state index is 0.0217. The molecule has 206 valence electrons. The lowest BCUT2D eigenvalue weighted by Gasteiger charge is -2.59. The van der Waals surface area contributed by atoms with Crippen LogP contribution in [0.15, 0.2) is 23.8 Å². The lowest BCUT2D eigenvalue weighted by atomic mass is 9.46. The van der Waals surface area contributed by atoms with Gasteiger partial charge in [-0.1, -0.05) is 25.5 Å². The Balaban J connectivity index is 1.34. The van der Waals surface area contributed by atoms with Gasteiger partial charge in [-0.15, -0.1) is 0 Å². The molecule has 2 unspecified atom stereocenters. The second kappa shape index (κ2) is 9.31. The average Bonchev–Trinajstić information content (AvgIpc) is 3.13. The van der Waals surface area contributed by atoms with Gasteiger partial charge in [0.1, 0.15) is 36.6 Å². The summed E-state index contributed by atoms with van der Waals surface area (Å²) in [7, 11) is 0. The van der Waals surface area contributed by atoms with Crippen molar-refractivity contribution < 1.29 is 49.7 Å². The molecule has 4 fully saturated rings. The Hall–Kier alpha value is -1.50. The summed E-state index contributed by atoms with van der Waals surface area (Å²) in [5.41, 5.74) is -2.10. The second-order valence-electron chi connectivity index (χ2n) is 12.0. The molecule has 1 aliphatic heterocycles. The van der Waals surface area contributed by atoms with Crippen LogP contribution in [-0.4, -0.2) is 97.8 Å². The molecule has 6 N–H and O–H groups in total. The van der Waals surface area contributed by atoms with Crippen LogP contribution >= 0.6 is 0 Å². The number of rotatable bonds is 5. The van der Waals surface area contributed by atoms with E-state index < -0.39 is 72.2 Å². The number of Topliss-reactive ketones (excluding diaryl/α,β-unsaturated/α-hetero) is 1. The molecule has 0 aromatic heterocycles. The zero-order chi connectivity index (χ0) is 26.9. The minimum Gasteiger partial charge on any atom is -0.394 e. The fraction of sp³-hybridized carbons (Fsp3) is 0.778. The molecule has 10 heteroatoms. The highest BCUT2D eigenvalue weighted by atomic mass is 16.7. The van der Waals surface area contributed by atoms with Gasteiger partial charge in [0.2, 0.25) is 0 Å². The van der Waals surface area contributed by atoms with Gasteiger partial charge in [-0.3, -0.25) is 9.59 Å². The molecule has 37 heavy (non-hydrogen) atoms. The molecule has 5 rings (SSSR count). The molecule has 0 radical (unpaired) electrons. The number of carbonyl (C=O) groups excluding carboxylic acids is 2. The van der Waals surface area contributed by atoms with Crippen molar-refractivity contribution in [2.45, 2.75) is 88.4 Å². The van der Waals surface area contributed by atoms with E-state index in [0.717, 1.165) is 18.4 Å². The Morgan fingerprint density at radius 1 is 1.14 bits per heavy atom. The quantitative estimate of drug-likeness (QED) is 0.273.